The molecule has 5 nitrogen and oxygen atoms in total. The van der Waals surface area contributed by atoms with Crippen molar-refractivity contribution in [3.63, 3.8) is 0 Å². The van der Waals surface area contributed by atoms with Crippen LogP contribution in [-0.2, 0) is 11.0 Å². The van der Waals surface area contributed by atoms with E-state index in [1.165, 1.54) is 37.3 Å². The number of hydrogen-bond acceptors (Lipinski definition) is 4. The molecule has 2 aromatic rings. The molecule has 1 aliphatic rings. The molecule has 0 saturated carbocycles. The first kappa shape index (κ1) is 18.5. The summed E-state index contributed by atoms with van der Waals surface area (Å²) in [7, 11) is 0. The molecular formula is C19H14F3NO4. The number of amides is 1. The number of ketones is 1. The Hall–Kier alpha value is -3.29. The van der Waals surface area contributed by atoms with Gasteiger partial charge in [-0.2, -0.15) is 13.2 Å². The molecule has 1 aliphatic heterocycles. The summed E-state index contributed by atoms with van der Waals surface area (Å²) in [5.74, 6) is 0.00657. The molecule has 1 heterocycles. The number of carbonyl (C=O) groups is 2. The average molecular weight is 377 g/mol. The number of alkyl halides is 3. The van der Waals surface area contributed by atoms with E-state index in [9.17, 15) is 22.8 Å². The molecular weight excluding hydrogens is 363 g/mol. The summed E-state index contributed by atoms with van der Waals surface area (Å²) in [6, 6.07) is 7.36. The van der Waals surface area contributed by atoms with Crippen LogP contribution in [0.5, 0.6) is 11.5 Å². The molecule has 0 saturated heterocycles. The smallest absolute Gasteiger partial charge is 0.416 e. The number of carbonyl (C=O) groups excluding carboxylic acids is 2. The van der Waals surface area contributed by atoms with Crippen molar-refractivity contribution in [2.45, 2.75) is 13.1 Å². The van der Waals surface area contributed by atoms with Gasteiger partial charge in [0.05, 0.1) is 11.3 Å². The Morgan fingerprint density at radius 2 is 1.70 bits per heavy atom. The van der Waals surface area contributed by atoms with Crippen molar-refractivity contribution in [3.8, 4) is 11.5 Å². The van der Waals surface area contributed by atoms with Crippen molar-refractivity contribution < 1.29 is 32.2 Å². The lowest BCUT2D eigenvalue weighted by Crippen LogP contribution is -2.11. The van der Waals surface area contributed by atoms with E-state index in [1.54, 1.807) is 0 Å². The molecule has 0 radical (unpaired) electrons. The molecule has 1 amide bonds. The fourth-order valence-corrected chi connectivity index (χ4v) is 2.47. The second-order valence-electron chi connectivity index (χ2n) is 5.75. The van der Waals surface area contributed by atoms with Crippen LogP contribution in [0.4, 0.5) is 18.9 Å². The van der Waals surface area contributed by atoms with E-state index in [1.807, 2.05) is 0 Å². The van der Waals surface area contributed by atoms with E-state index >= 15 is 0 Å². The summed E-state index contributed by atoms with van der Waals surface area (Å²) < 4.78 is 48.1. The number of Topliss-reactive ketones (excluding diaryl/α,β-unsaturated/α-hetero) is 1. The number of ether oxygens (including phenoxy) is 2. The summed E-state index contributed by atoms with van der Waals surface area (Å²) in [5, 5.41) is 2.57. The normalized spacial score (nSPS) is 13.0. The van der Waals surface area contributed by atoms with Crippen LogP contribution >= 0.6 is 0 Å². The third-order valence-electron chi connectivity index (χ3n) is 3.82. The van der Waals surface area contributed by atoms with Crippen LogP contribution in [0.25, 0.3) is 6.08 Å². The summed E-state index contributed by atoms with van der Waals surface area (Å²) in [6.45, 7) is 1.38. The third kappa shape index (κ3) is 4.28. The zero-order chi connectivity index (χ0) is 19.6. The standard InChI is InChI=1S/C19H14F3NO4/c1-11(24)14-8-16-17(27-10-26-16)9-15(14)23-18(25)7-4-12-2-5-13(6-3-12)19(20,21)22/h2-9H,10H2,1H3,(H,23,25)/b7-4+. The first-order valence-corrected chi connectivity index (χ1v) is 7.85. The molecule has 8 heteroatoms. The lowest BCUT2D eigenvalue weighted by molar-refractivity contribution is -0.137. The molecule has 0 aromatic heterocycles. The topological polar surface area (TPSA) is 64.6 Å². The van der Waals surface area contributed by atoms with Gasteiger partial charge in [0.2, 0.25) is 12.7 Å². The Morgan fingerprint density at radius 3 is 2.30 bits per heavy atom. The maximum atomic E-state index is 12.5. The molecule has 0 aliphatic carbocycles. The number of anilines is 1. The first-order chi connectivity index (χ1) is 12.7. The van der Waals surface area contributed by atoms with E-state index in [0.29, 0.717) is 17.1 Å². The number of hydrogen-bond donors (Lipinski definition) is 1. The van der Waals surface area contributed by atoms with E-state index in [2.05, 4.69) is 5.32 Å². The van der Waals surface area contributed by atoms with Gasteiger partial charge in [-0.05, 0) is 36.8 Å². The molecule has 0 fully saturated rings. The lowest BCUT2D eigenvalue weighted by Gasteiger charge is -2.09. The van der Waals surface area contributed by atoms with Crippen LogP contribution in [0.2, 0.25) is 0 Å². The largest absolute Gasteiger partial charge is 0.454 e. The first-order valence-electron chi connectivity index (χ1n) is 7.85. The predicted molar refractivity (Wildman–Crippen MR) is 91.7 cm³/mol. The molecule has 0 atom stereocenters. The number of fused-ring (bicyclic) bond motifs is 1. The highest BCUT2D eigenvalue weighted by atomic mass is 19.4. The van der Waals surface area contributed by atoms with Crippen molar-refractivity contribution in [2.75, 3.05) is 12.1 Å². The van der Waals surface area contributed by atoms with Crippen LogP contribution in [0, 0.1) is 0 Å². The Balaban J connectivity index is 1.74. The molecule has 0 bridgehead atoms. The molecule has 0 unspecified atom stereocenters. The summed E-state index contributed by atoms with van der Waals surface area (Å²) >= 11 is 0. The van der Waals surface area contributed by atoms with Crippen LogP contribution in [0.1, 0.15) is 28.4 Å². The highest BCUT2D eigenvalue weighted by Gasteiger charge is 2.29. The molecule has 1 N–H and O–H groups in total. The minimum absolute atomic E-state index is 0.0257. The SMILES string of the molecule is CC(=O)c1cc2c(cc1NC(=O)/C=C/c1ccc(C(F)(F)F)cc1)OCO2. The minimum Gasteiger partial charge on any atom is -0.454 e. The van der Waals surface area contributed by atoms with E-state index in [-0.39, 0.29) is 23.8 Å². The second-order valence-corrected chi connectivity index (χ2v) is 5.75. The zero-order valence-electron chi connectivity index (χ0n) is 14.1. The van der Waals surface area contributed by atoms with E-state index in [4.69, 9.17) is 9.47 Å². The number of rotatable bonds is 4. The van der Waals surface area contributed by atoms with Crippen LogP contribution < -0.4 is 14.8 Å². The van der Waals surface area contributed by atoms with Gasteiger partial charge < -0.3 is 14.8 Å². The van der Waals surface area contributed by atoms with Crippen molar-refractivity contribution in [2.24, 2.45) is 0 Å². The van der Waals surface area contributed by atoms with Crippen molar-refractivity contribution >= 4 is 23.5 Å². The quantitative estimate of drug-likeness (QED) is 0.638. The minimum atomic E-state index is -4.41. The fourth-order valence-electron chi connectivity index (χ4n) is 2.47. The number of halogens is 3. The van der Waals surface area contributed by atoms with Gasteiger partial charge in [-0.25, -0.2) is 0 Å². The number of benzene rings is 2. The second kappa shape index (κ2) is 7.14. The number of nitrogens with one attached hydrogen (secondary N) is 1. The van der Waals surface area contributed by atoms with Crippen LogP contribution in [-0.4, -0.2) is 18.5 Å². The Labute approximate surface area is 152 Å². The molecule has 27 heavy (non-hydrogen) atoms. The molecule has 3 rings (SSSR count). The molecule has 2 aromatic carbocycles. The van der Waals surface area contributed by atoms with Gasteiger partial charge in [-0.1, -0.05) is 12.1 Å². The van der Waals surface area contributed by atoms with Crippen LogP contribution in [0.3, 0.4) is 0 Å². The monoisotopic (exact) mass is 377 g/mol. The summed E-state index contributed by atoms with van der Waals surface area (Å²) in [6.07, 6.45) is -1.88. The van der Waals surface area contributed by atoms with Gasteiger partial charge in [0.1, 0.15) is 0 Å². The van der Waals surface area contributed by atoms with Crippen LogP contribution in [0.15, 0.2) is 42.5 Å². The lowest BCUT2D eigenvalue weighted by atomic mass is 10.1. The Kier molecular flexibility index (Phi) is 4.89. The van der Waals surface area contributed by atoms with Gasteiger partial charge >= 0.3 is 6.18 Å². The zero-order valence-corrected chi connectivity index (χ0v) is 14.1. The predicted octanol–water partition coefficient (Wildman–Crippen LogP) is 4.29. The highest BCUT2D eigenvalue weighted by molar-refractivity contribution is 6.08. The van der Waals surface area contributed by atoms with E-state index < -0.39 is 17.6 Å². The highest BCUT2D eigenvalue weighted by Crippen LogP contribution is 2.37. The van der Waals surface area contributed by atoms with Gasteiger partial charge in [0.25, 0.3) is 0 Å². The maximum Gasteiger partial charge on any atom is 0.416 e. The average Bonchev–Trinajstić information content (AvgIpc) is 3.06. The van der Waals surface area contributed by atoms with Gasteiger partial charge in [-0.15, -0.1) is 0 Å². The molecule has 0 spiro atoms. The molecule has 140 valence electrons. The van der Waals surface area contributed by atoms with Crippen molar-refractivity contribution in [1.29, 1.82) is 0 Å². The summed E-state index contributed by atoms with van der Waals surface area (Å²) in [5.41, 5.74) is 0.176. The van der Waals surface area contributed by atoms with Crippen molar-refractivity contribution in [3.05, 3.63) is 59.2 Å². The maximum absolute atomic E-state index is 12.5. The Bertz CT molecular complexity index is 918. The summed E-state index contributed by atoms with van der Waals surface area (Å²) in [4.78, 5) is 23.9. The van der Waals surface area contributed by atoms with Gasteiger partial charge in [0.15, 0.2) is 17.3 Å². The van der Waals surface area contributed by atoms with Gasteiger partial charge in [-0.3, -0.25) is 9.59 Å². The van der Waals surface area contributed by atoms with Gasteiger partial charge in [0, 0.05) is 17.7 Å². The Morgan fingerprint density at radius 1 is 1.07 bits per heavy atom. The third-order valence-corrected chi connectivity index (χ3v) is 3.82. The van der Waals surface area contributed by atoms with Crippen molar-refractivity contribution in [1.82, 2.24) is 0 Å². The fraction of sp³-hybridized carbons (Fsp3) is 0.158. The van der Waals surface area contributed by atoms with E-state index in [0.717, 1.165) is 18.2 Å².